The minimum Gasteiger partial charge on any atom is -0.487 e. The molecule has 19 heavy (non-hydrogen) atoms. The number of rotatable bonds is 3. The summed E-state index contributed by atoms with van der Waals surface area (Å²) >= 11 is 0. The molecule has 0 bridgehead atoms. The van der Waals surface area contributed by atoms with Crippen molar-refractivity contribution in [1.82, 2.24) is 9.97 Å². The molecule has 0 unspecified atom stereocenters. The summed E-state index contributed by atoms with van der Waals surface area (Å²) in [7, 11) is 0. The number of ether oxygens (including phenoxy) is 1. The van der Waals surface area contributed by atoms with Crippen LogP contribution in [0, 0.1) is 0 Å². The predicted octanol–water partition coefficient (Wildman–Crippen LogP) is 2.79. The van der Waals surface area contributed by atoms with Crippen molar-refractivity contribution in [3.63, 3.8) is 0 Å². The number of fused-ring (bicyclic) bond motifs is 1. The molecule has 0 saturated carbocycles. The Hall–Kier alpha value is -2.62. The molecule has 2 N–H and O–H groups in total. The van der Waals surface area contributed by atoms with Gasteiger partial charge in [-0.15, -0.1) is 0 Å². The number of hydrogen-bond donors (Lipinski definition) is 1. The predicted molar refractivity (Wildman–Crippen MR) is 74.7 cm³/mol. The van der Waals surface area contributed by atoms with Crippen molar-refractivity contribution in [3.8, 4) is 5.75 Å². The second kappa shape index (κ2) is 4.94. The van der Waals surface area contributed by atoms with Gasteiger partial charge in [-0.05, 0) is 30.3 Å². The lowest BCUT2D eigenvalue weighted by Crippen LogP contribution is -1.99. The molecule has 0 aliphatic rings. The first-order valence-electron chi connectivity index (χ1n) is 5.99. The summed E-state index contributed by atoms with van der Waals surface area (Å²) in [6.07, 6.45) is 3.45. The smallest absolute Gasteiger partial charge is 0.130 e. The number of nitrogens with zero attached hydrogens (tertiary/aromatic N) is 2. The van der Waals surface area contributed by atoms with E-state index in [0.717, 1.165) is 22.3 Å². The van der Waals surface area contributed by atoms with E-state index in [9.17, 15) is 0 Å². The molecule has 0 aliphatic carbocycles. The highest BCUT2D eigenvalue weighted by molar-refractivity contribution is 5.79. The second-order valence-corrected chi connectivity index (χ2v) is 4.23. The number of aromatic nitrogens is 2. The van der Waals surface area contributed by atoms with Crippen LogP contribution in [0.4, 0.5) is 5.69 Å². The van der Waals surface area contributed by atoms with E-state index >= 15 is 0 Å². The first-order chi connectivity index (χ1) is 9.31. The summed E-state index contributed by atoms with van der Waals surface area (Å²) in [6, 6.07) is 13.3. The molecule has 0 fully saturated rings. The fourth-order valence-corrected chi connectivity index (χ4v) is 1.87. The number of anilines is 1. The zero-order valence-electron chi connectivity index (χ0n) is 10.3. The Morgan fingerprint density at radius 3 is 2.84 bits per heavy atom. The number of nitrogen functional groups attached to an aromatic ring is 1. The molecule has 4 heteroatoms. The Balaban J connectivity index is 1.78. The van der Waals surface area contributed by atoms with E-state index < -0.39 is 0 Å². The first-order valence-corrected chi connectivity index (χ1v) is 5.99. The molecule has 0 radical (unpaired) electrons. The van der Waals surface area contributed by atoms with Crippen molar-refractivity contribution in [1.29, 1.82) is 0 Å². The van der Waals surface area contributed by atoms with Crippen molar-refractivity contribution < 1.29 is 4.74 Å². The lowest BCUT2D eigenvalue weighted by atomic mass is 10.2. The molecule has 3 rings (SSSR count). The van der Waals surface area contributed by atoms with Crippen molar-refractivity contribution in [3.05, 3.63) is 60.6 Å². The van der Waals surface area contributed by atoms with Crippen LogP contribution in [0.5, 0.6) is 5.75 Å². The van der Waals surface area contributed by atoms with Crippen LogP contribution in [-0.2, 0) is 6.61 Å². The van der Waals surface area contributed by atoms with Crippen LogP contribution in [0.3, 0.4) is 0 Å². The zero-order valence-corrected chi connectivity index (χ0v) is 10.3. The first kappa shape index (κ1) is 11.5. The van der Waals surface area contributed by atoms with Gasteiger partial charge in [0.15, 0.2) is 0 Å². The van der Waals surface area contributed by atoms with Crippen molar-refractivity contribution >= 4 is 16.6 Å². The van der Waals surface area contributed by atoms with Crippen LogP contribution in [0.1, 0.15) is 5.69 Å². The zero-order chi connectivity index (χ0) is 13.1. The Morgan fingerprint density at radius 1 is 1.00 bits per heavy atom. The Morgan fingerprint density at radius 2 is 1.95 bits per heavy atom. The quantitative estimate of drug-likeness (QED) is 0.777. The molecule has 0 saturated heterocycles. The number of nitrogens with two attached hydrogens (primary N) is 1. The molecule has 2 heterocycles. The van der Waals surface area contributed by atoms with E-state index in [1.165, 1.54) is 0 Å². The van der Waals surface area contributed by atoms with Gasteiger partial charge in [-0.2, -0.15) is 0 Å². The van der Waals surface area contributed by atoms with Gasteiger partial charge in [0, 0.05) is 29.5 Å². The van der Waals surface area contributed by atoms with Gasteiger partial charge in [-0.1, -0.05) is 6.07 Å². The summed E-state index contributed by atoms with van der Waals surface area (Å²) in [6.45, 7) is 0.392. The molecule has 2 aromatic heterocycles. The third kappa shape index (κ3) is 2.63. The van der Waals surface area contributed by atoms with Gasteiger partial charge in [0.05, 0.1) is 11.2 Å². The molecule has 0 spiro atoms. The monoisotopic (exact) mass is 251 g/mol. The summed E-state index contributed by atoms with van der Waals surface area (Å²) in [5.74, 6) is 0.774. The van der Waals surface area contributed by atoms with E-state index in [-0.39, 0.29) is 0 Å². The van der Waals surface area contributed by atoms with Gasteiger partial charge < -0.3 is 10.5 Å². The van der Waals surface area contributed by atoms with Crippen LogP contribution in [0.25, 0.3) is 10.9 Å². The highest BCUT2D eigenvalue weighted by Crippen LogP contribution is 2.19. The third-order valence-corrected chi connectivity index (χ3v) is 2.80. The fraction of sp³-hybridized carbons (Fsp3) is 0.0667. The Bertz CT molecular complexity index is 712. The maximum Gasteiger partial charge on any atom is 0.130 e. The van der Waals surface area contributed by atoms with E-state index in [1.54, 1.807) is 24.5 Å². The lowest BCUT2D eigenvalue weighted by Gasteiger charge is -2.07. The SMILES string of the molecule is Nc1ccnc(COc2ccc3cccnc3c2)c1. The van der Waals surface area contributed by atoms with Crippen LogP contribution < -0.4 is 10.5 Å². The molecule has 0 atom stereocenters. The van der Waals surface area contributed by atoms with Gasteiger partial charge in [0.1, 0.15) is 12.4 Å². The van der Waals surface area contributed by atoms with E-state index in [4.69, 9.17) is 10.5 Å². The van der Waals surface area contributed by atoms with Crippen LogP contribution in [-0.4, -0.2) is 9.97 Å². The molecule has 0 aliphatic heterocycles. The molecule has 94 valence electrons. The van der Waals surface area contributed by atoms with Crippen LogP contribution in [0.2, 0.25) is 0 Å². The largest absolute Gasteiger partial charge is 0.487 e. The van der Waals surface area contributed by atoms with Gasteiger partial charge in [0.2, 0.25) is 0 Å². The lowest BCUT2D eigenvalue weighted by molar-refractivity contribution is 0.302. The minimum absolute atomic E-state index is 0.392. The number of benzene rings is 1. The van der Waals surface area contributed by atoms with Crippen molar-refractivity contribution in [2.24, 2.45) is 0 Å². The van der Waals surface area contributed by atoms with Crippen LogP contribution in [0.15, 0.2) is 54.9 Å². The highest BCUT2D eigenvalue weighted by Gasteiger charge is 2.00. The molecule has 1 aromatic carbocycles. The minimum atomic E-state index is 0.392. The third-order valence-electron chi connectivity index (χ3n) is 2.80. The highest BCUT2D eigenvalue weighted by atomic mass is 16.5. The second-order valence-electron chi connectivity index (χ2n) is 4.23. The molecular weight excluding hydrogens is 238 g/mol. The van der Waals surface area contributed by atoms with E-state index in [1.807, 2.05) is 30.3 Å². The summed E-state index contributed by atoms with van der Waals surface area (Å²) in [5.41, 5.74) is 8.11. The van der Waals surface area contributed by atoms with Gasteiger partial charge in [-0.25, -0.2) is 0 Å². The average Bonchev–Trinajstić information content (AvgIpc) is 2.45. The maximum atomic E-state index is 5.70. The molecule has 3 aromatic rings. The van der Waals surface area contributed by atoms with E-state index in [2.05, 4.69) is 9.97 Å². The maximum absolute atomic E-state index is 5.70. The molecular formula is C15H13N3O. The normalized spacial score (nSPS) is 10.5. The van der Waals surface area contributed by atoms with Gasteiger partial charge in [0.25, 0.3) is 0 Å². The van der Waals surface area contributed by atoms with Gasteiger partial charge in [-0.3, -0.25) is 9.97 Å². The summed E-state index contributed by atoms with van der Waals surface area (Å²) < 4.78 is 5.70. The van der Waals surface area contributed by atoms with Crippen molar-refractivity contribution in [2.75, 3.05) is 5.73 Å². The Labute approximate surface area is 110 Å². The standard InChI is InChI=1S/C15H13N3O/c16-12-5-7-17-13(8-12)10-19-14-4-3-11-2-1-6-18-15(11)9-14/h1-9H,10H2,(H2,16,17). The average molecular weight is 251 g/mol. The summed E-state index contributed by atoms with van der Waals surface area (Å²) in [5, 5.41) is 1.09. The number of hydrogen-bond acceptors (Lipinski definition) is 4. The summed E-state index contributed by atoms with van der Waals surface area (Å²) in [4.78, 5) is 8.49. The number of pyridine rings is 2. The van der Waals surface area contributed by atoms with Crippen LogP contribution >= 0.6 is 0 Å². The molecule has 4 nitrogen and oxygen atoms in total. The Kier molecular flexibility index (Phi) is 2.98. The van der Waals surface area contributed by atoms with Gasteiger partial charge >= 0.3 is 0 Å². The fourth-order valence-electron chi connectivity index (χ4n) is 1.87. The molecule has 0 amide bonds. The van der Waals surface area contributed by atoms with Crippen molar-refractivity contribution in [2.45, 2.75) is 6.61 Å². The van der Waals surface area contributed by atoms with E-state index in [0.29, 0.717) is 12.3 Å². The topological polar surface area (TPSA) is 61.0 Å².